The van der Waals surface area contributed by atoms with Crippen molar-refractivity contribution in [2.75, 3.05) is 31.9 Å². The van der Waals surface area contributed by atoms with Crippen LogP contribution in [0.3, 0.4) is 0 Å². The second-order valence-corrected chi connectivity index (χ2v) is 3.57. The highest BCUT2D eigenvalue weighted by atomic mass is 19.1. The van der Waals surface area contributed by atoms with Gasteiger partial charge in [0, 0.05) is 25.3 Å². The van der Waals surface area contributed by atoms with Crippen LogP contribution < -0.4 is 15.8 Å². The molecule has 0 bridgehead atoms. The third-order valence-corrected chi connectivity index (χ3v) is 2.14. The zero-order chi connectivity index (χ0) is 12.1. The maximum atomic E-state index is 13.3. The molecule has 0 saturated heterocycles. The number of rotatable bonds is 5. The molecule has 0 radical (unpaired) electrons. The minimum absolute atomic E-state index is 0.0856. The SMILES string of the molecule is COCC(C)Nc1cc(OC)c(F)cc1N. The largest absolute Gasteiger partial charge is 0.494 e. The molecule has 1 rings (SSSR count). The number of nitrogen functional groups attached to an aromatic ring is 1. The molecular weight excluding hydrogens is 211 g/mol. The average molecular weight is 228 g/mol. The van der Waals surface area contributed by atoms with Crippen LogP contribution in [-0.2, 0) is 4.74 Å². The quantitative estimate of drug-likeness (QED) is 0.755. The summed E-state index contributed by atoms with van der Waals surface area (Å²) in [5.41, 5.74) is 6.68. The Hall–Kier alpha value is -1.49. The van der Waals surface area contributed by atoms with E-state index in [1.807, 2.05) is 6.92 Å². The third-order valence-electron chi connectivity index (χ3n) is 2.14. The molecule has 5 heteroatoms. The molecule has 0 amide bonds. The summed E-state index contributed by atoms with van der Waals surface area (Å²) in [5, 5.41) is 3.12. The van der Waals surface area contributed by atoms with E-state index in [1.165, 1.54) is 19.2 Å². The van der Waals surface area contributed by atoms with E-state index < -0.39 is 5.82 Å². The van der Waals surface area contributed by atoms with E-state index in [4.69, 9.17) is 15.2 Å². The zero-order valence-corrected chi connectivity index (χ0v) is 9.71. The molecule has 1 unspecified atom stereocenters. The van der Waals surface area contributed by atoms with Crippen LogP contribution in [0, 0.1) is 5.82 Å². The minimum atomic E-state index is -0.468. The predicted octanol–water partition coefficient (Wildman–Crippen LogP) is 1.86. The van der Waals surface area contributed by atoms with Gasteiger partial charge in [-0.15, -0.1) is 0 Å². The van der Waals surface area contributed by atoms with Crippen molar-refractivity contribution in [3.05, 3.63) is 17.9 Å². The molecule has 0 aliphatic rings. The number of nitrogens with one attached hydrogen (secondary N) is 1. The van der Waals surface area contributed by atoms with Crippen molar-refractivity contribution in [1.29, 1.82) is 0 Å². The van der Waals surface area contributed by atoms with Crippen molar-refractivity contribution in [3.63, 3.8) is 0 Å². The van der Waals surface area contributed by atoms with Crippen molar-refractivity contribution in [3.8, 4) is 5.75 Å². The summed E-state index contributed by atoms with van der Waals surface area (Å²) in [6.45, 7) is 2.48. The summed E-state index contributed by atoms with van der Waals surface area (Å²) in [4.78, 5) is 0. The predicted molar refractivity (Wildman–Crippen MR) is 62.3 cm³/mol. The van der Waals surface area contributed by atoms with E-state index >= 15 is 0 Å². The van der Waals surface area contributed by atoms with E-state index in [-0.39, 0.29) is 11.8 Å². The molecule has 90 valence electrons. The Morgan fingerprint density at radius 2 is 2.12 bits per heavy atom. The highest BCUT2D eigenvalue weighted by Crippen LogP contribution is 2.28. The smallest absolute Gasteiger partial charge is 0.167 e. The van der Waals surface area contributed by atoms with Gasteiger partial charge in [-0.25, -0.2) is 4.39 Å². The van der Waals surface area contributed by atoms with E-state index in [9.17, 15) is 4.39 Å². The van der Waals surface area contributed by atoms with Gasteiger partial charge >= 0.3 is 0 Å². The first-order valence-electron chi connectivity index (χ1n) is 4.97. The molecule has 16 heavy (non-hydrogen) atoms. The van der Waals surface area contributed by atoms with Gasteiger partial charge in [0.1, 0.15) is 0 Å². The number of halogens is 1. The van der Waals surface area contributed by atoms with Crippen molar-refractivity contribution >= 4 is 11.4 Å². The Morgan fingerprint density at radius 1 is 1.44 bits per heavy atom. The highest BCUT2D eigenvalue weighted by Gasteiger charge is 2.10. The van der Waals surface area contributed by atoms with Crippen molar-refractivity contribution in [1.82, 2.24) is 0 Å². The number of benzene rings is 1. The average Bonchev–Trinajstić information content (AvgIpc) is 2.22. The number of anilines is 2. The lowest BCUT2D eigenvalue weighted by molar-refractivity contribution is 0.190. The summed E-state index contributed by atoms with van der Waals surface area (Å²) < 4.78 is 23.1. The molecule has 0 heterocycles. The zero-order valence-electron chi connectivity index (χ0n) is 9.71. The molecule has 0 aromatic heterocycles. The third kappa shape index (κ3) is 3.00. The maximum Gasteiger partial charge on any atom is 0.167 e. The van der Waals surface area contributed by atoms with Gasteiger partial charge in [-0.2, -0.15) is 0 Å². The second kappa shape index (κ2) is 5.55. The number of ether oxygens (including phenoxy) is 2. The van der Waals surface area contributed by atoms with Crippen LogP contribution >= 0.6 is 0 Å². The number of hydrogen-bond donors (Lipinski definition) is 2. The fourth-order valence-electron chi connectivity index (χ4n) is 1.41. The first kappa shape index (κ1) is 12.6. The van der Waals surface area contributed by atoms with E-state index in [0.717, 1.165) is 0 Å². The van der Waals surface area contributed by atoms with Gasteiger partial charge in [0.05, 0.1) is 25.1 Å². The molecule has 1 atom stereocenters. The van der Waals surface area contributed by atoms with Crippen molar-refractivity contribution in [2.24, 2.45) is 0 Å². The Kier molecular flexibility index (Phi) is 4.37. The standard InChI is InChI=1S/C11H17FN2O2/c1-7(6-15-2)14-10-5-11(16-3)8(12)4-9(10)13/h4-5,7,14H,6,13H2,1-3H3. The summed E-state index contributed by atoms with van der Waals surface area (Å²) >= 11 is 0. The van der Waals surface area contributed by atoms with Crippen LogP contribution in [0.15, 0.2) is 12.1 Å². The number of methoxy groups -OCH3 is 2. The maximum absolute atomic E-state index is 13.3. The number of hydrogen-bond acceptors (Lipinski definition) is 4. The first-order chi connectivity index (χ1) is 7.58. The minimum Gasteiger partial charge on any atom is -0.494 e. The van der Waals surface area contributed by atoms with E-state index in [1.54, 1.807) is 7.11 Å². The van der Waals surface area contributed by atoms with E-state index in [0.29, 0.717) is 18.0 Å². The first-order valence-corrected chi connectivity index (χ1v) is 4.97. The van der Waals surface area contributed by atoms with Gasteiger partial charge in [-0.3, -0.25) is 0 Å². The molecular formula is C11H17FN2O2. The number of nitrogens with two attached hydrogens (primary N) is 1. The normalized spacial score (nSPS) is 12.2. The molecule has 0 fully saturated rings. The molecule has 0 aliphatic carbocycles. The Bertz CT molecular complexity index is 358. The fourth-order valence-corrected chi connectivity index (χ4v) is 1.41. The van der Waals surface area contributed by atoms with Gasteiger partial charge in [0.15, 0.2) is 11.6 Å². The summed E-state index contributed by atoms with van der Waals surface area (Å²) in [6.07, 6.45) is 0. The topological polar surface area (TPSA) is 56.5 Å². The van der Waals surface area contributed by atoms with Crippen LogP contribution in [-0.4, -0.2) is 26.9 Å². The fraction of sp³-hybridized carbons (Fsp3) is 0.455. The highest BCUT2D eigenvalue weighted by molar-refractivity contribution is 5.68. The molecule has 3 N–H and O–H groups in total. The monoisotopic (exact) mass is 228 g/mol. The van der Waals surface area contributed by atoms with Gasteiger partial charge in [0.2, 0.25) is 0 Å². The second-order valence-electron chi connectivity index (χ2n) is 3.57. The Labute approximate surface area is 94.5 Å². The Balaban J connectivity index is 2.87. The Morgan fingerprint density at radius 3 is 2.69 bits per heavy atom. The molecule has 1 aromatic rings. The van der Waals surface area contributed by atoms with E-state index in [2.05, 4.69) is 5.32 Å². The van der Waals surface area contributed by atoms with Crippen molar-refractivity contribution < 1.29 is 13.9 Å². The van der Waals surface area contributed by atoms with Gasteiger partial charge in [-0.05, 0) is 6.92 Å². The van der Waals surface area contributed by atoms with Crippen LogP contribution in [0.4, 0.5) is 15.8 Å². The van der Waals surface area contributed by atoms with Crippen LogP contribution in [0.5, 0.6) is 5.75 Å². The summed E-state index contributed by atoms with van der Waals surface area (Å²) in [7, 11) is 3.03. The summed E-state index contributed by atoms with van der Waals surface area (Å²) in [6, 6.07) is 2.86. The molecule has 0 spiro atoms. The van der Waals surface area contributed by atoms with Crippen LogP contribution in [0.25, 0.3) is 0 Å². The van der Waals surface area contributed by atoms with Crippen molar-refractivity contribution in [2.45, 2.75) is 13.0 Å². The lowest BCUT2D eigenvalue weighted by Crippen LogP contribution is -2.21. The molecule has 1 aromatic carbocycles. The molecule has 4 nitrogen and oxygen atoms in total. The molecule has 0 aliphatic heterocycles. The lowest BCUT2D eigenvalue weighted by Gasteiger charge is -2.17. The van der Waals surface area contributed by atoms with Crippen LogP contribution in [0.2, 0.25) is 0 Å². The van der Waals surface area contributed by atoms with Gasteiger partial charge in [-0.1, -0.05) is 0 Å². The lowest BCUT2D eigenvalue weighted by atomic mass is 10.2. The van der Waals surface area contributed by atoms with Gasteiger partial charge < -0.3 is 20.5 Å². The summed E-state index contributed by atoms with van der Waals surface area (Å²) in [5.74, 6) is -0.300. The van der Waals surface area contributed by atoms with Crippen LogP contribution in [0.1, 0.15) is 6.92 Å². The van der Waals surface area contributed by atoms with Gasteiger partial charge in [0.25, 0.3) is 0 Å². The molecule has 0 saturated carbocycles.